The van der Waals surface area contributed by atoms with Crippen molar-refractivity contribution in [2.45, 2.75) is 16.2 Å². The molecule has 4 aromatic rings. The van der Waals surface area contributed by atoms with Crippen LogP contribution in [0.1, 0.15) is 0 Å². The molecule has 0 bridgehead atoms. The number of hydrogen-bond acceptors (Lipinski definition) is 7. The van der Waals surface area contributed by atoms with E-state index < -0.39 is 32.9 Å². The van der Waals surface area contributed by atoms with E-state index in [1.165, 1.54) is 31.3 Å². The minimum absolute atomic E-state index is 0.138. The van der Waals surface area contributed by atoms with Gasteiger partial charge in [-0.1, -0.05) is 18.2 Å². The second-order valence-electron chi connectivity index (χ2n) is 7.26. The lowest BCUT2D eigenvalue weighted by Crippen LogP contribution is -2.17. The summed E-state index contributed by atoms with van der Waals surface area (Å²) in [7, 11) is -5.87. The molecule has 0 fully saturated rings. The molecule has 0 radical (unpaired) electrons. The van der Waals surface area contributed by atoms with E-state index in [1.807, 2.05) is 0 Å². The molecule has 0 saturated heterocycles. The highest BCUT2D eigenvalue weighted by molar-refractivity contribution is 7.91. The van der Waals surface area contributed by atoms with Gasteiger partial charge in [0.25, 0.3) is 11.0 Å². The molecular weight excluding hydrogens is 509 g/mol. The number of fused-ring (bicyclic) bond motifs is 1. The second-order valence-corrected chi connectivity index (χ2v) is 9.82. The van der Waals surface area contributed by atoms with Gasteiger partial charge in [0.05, 0.1) is 21.0 Å². The van der Waals surface area contributed by atoms with Crippen LogP contribution in [0.3, 0.4) is 0 Å². The Labute approximate surface area is 199 Å². The zero-order valence-electron chi connectivity index (χ0n) is 17.8. The first-order chi connectivity index (χ1) is 16.4. The topological polar surface area (TPSA) is 94.9 Å². The monoisotopic (exact) mass is 526 g/mol. The summed E-state index contributed by atoms with van der Waals surface area (Å²) in [5, 5.41) is 1.86. The van der Waals surface area contributed by atoms with Gasteiger partial charge in [0, 0.05) is 24.3 Å². The Kier molecular flexibility index (Phi) is 6.49. The number of hydroxylamine groups is 1. The number of benzene rings is 3. The van der Waals surface area contributed by atoms with Gasteiger partial charge in [0.1, 0.15) is 5.75 Å². The van der Waals surface area contributed by atoms with Gasteiger partial charge in [-0.05, 0) is 54.6 Å². The maximum atomic E-state index is 13.2. The average molecular weight is 527 g/mol. The Morgan fingerprint density at radius 3 is 2.29 bits per heavy atom. The summed E-state index contributed by atoms with van der Waals surface area (Å²) < 4.78 is 95.9. The number of thiol groups is 1. The number of aromatic nitrogens is 1. The van der Waals surface area contributed by atoms with Gasteiger partial charge in [-0.2, -0.15) is 4.28 Å². The summed E-state index contributed by atoms with van der Waals surface area (Å²) in [4.78, 5) is -0.498. The van der Waals surface area contributed by atoms with Crippen LogP contribution in [0, 0.1) is 0 Å². The smallest absolute Gasteiger partial charge is 0.406 e. The molecule has 0 amide bonds. The molecule has 0 aliphatic rings. The molecule has 1 aromatic heterocycles. The standard InChI is InChI=1S/C22H17F3N2O6S2/c1-26(33-34(28)29)16-9-8-15-10-11-27(21(15)13-16)17-4-2-6-19(12-17)35(30,31)20-7-3-5-18(14-20)32-22(23,24)25/h2-14,34H,1H3. The fourth-order valence-corrected chi connectivity index (χ4v) is 5.09. The highest BCUT2D eigenvalue weighted by Gasteiger charge is 2.31. The lowest BCUT2D eigenvalue weighted by Gasteiger charge is -2.15. The van der Waals surface area contributed by atoms with Gasteiger partial charge in [-0.15, -0.1) is 13.2 Å². The fraction of sp³-hybridized carbons (Fsp3) is 0.0909. The number of nitrogens with zero attached hydrogens (tertiary/aromatic N) is 2. The first-order valence-corrected chi connectivity index (χ1v) is 12.4. The normalized spacial score (nSPS) is 12.3. The molecule has 4 rings (SSSR count). The molecule has 0 spiro atoms. The van der Waals surface area contributed by atoms with E-state index in [2.05, 4.69) is 9.02 Å². The number of halogens is 3. The summed E-state index contributed by atoms with van der Waals surface area (Å²) in [5.74, 6) is -0.648. The first kappa shape index (κ1) is 24.6. The minimum atomic E-state index is -4.96. The van der Waals surface area contributed by atoms with Gasteiger partial charge >= 0.3 is 6.36 Å². The molecule has 3 aromatic carbocycles. The maximum absolute atomic E-state index is 13.2. The molecule has 0 atom stereocenters. The highest BCUT2D eigenvalue weighted by atomic mass is 32.2. The Hall–Kier alpha value is -3.55. The van der Waals surface area contributed by atoms with Crippen molar-refractivity contribution in [1.82, 2.24) is 4.57 Å². The van der Waals surface area contributed by atoms with E-state index in [1.54, 1.807) is 41.1 Å². The van der Waals surface area contributed by atoms with Crippen molar-refractivity contribution >= 4 is 37.4 Å². The Bertz CT molecular complexity index is 1570. The molecule has 1 heterocycles. The predicted octanol–water partition coefficient (Wildman–Crippen LogP) is 4.26. The third-order valence-electron chi connectivity index (χ3n) is 4.98. The van der Waals surface area contributed by atoms with Gasteiger partial charge in [0.2, 0.25) is 9.84 Å². The van der Waals surface area contributed by atoms with Gasteiger partial charge in [0.15, 0.2) is 0 Å². The lowest BCUT2D eigenvalue weighted by molar-refractivity contribution is -0.274. The van der Waals surface area contributed by atoms with Crippen LogP contribution in [0.25, 0.3) is 16.6 Å². The van der Waals surface area contributed by atoms with Crippen molar-refractivity contribution in [1.29, 1.82) is 0 Å². The van der Waals surface area contributed by atoms with Crippen LogP contribution in [0.15, 0.2) is 88.8 Å². The van der Waals surface area contributed by atoms with E-state index in [-0.39, 0.29) is 9.79 Å². The molecule has 0 N–H and O–H groups in total. The molecule has 0 unspecified atom stereocenters. The molecule has 0 aliphatic heterocycles. The van der Waals surface area contributed by atoms with Gasteiger partial charge in [-0.3, -0.25) is 0 Å². The molecule has 13 heteroatoms. The number of rotatable bonds is 7. The second kappa shape index (κ2) is 9.24. The van der Waals surface area contributed by atoms with Crippen LogP contribution in [-0.2, 0) is 25.1 Å². The molecule has 0 saturated carbocycles. The lowest BCUT2D eigenvalue weighted by atomic mass is 10.2. The van der Waals surface area contributed by atoms with E-state index in [0.717, 1.165) is 28.6 Å². The van der Waals surface area contributed by atoms with Crippen LogP contribution < -0.4 is 9.80 Å². The SMILES string of the molecule is CN(O[SH](=O)=O)c1ccc2ccn(-c3cccc(S(=O)(=O)c4cccc(OC(F)(F)F)c4)c3)c2c1. The summed E-state index contributed by atoms with van der Waals surface area (Å²) >= 11 is 0. The van der Waals surface area contributed by atoms with E-state index >= 15 is 0 Å². The maximum Gasteiger partial charge on any atom is 0.573 e. The largest absolute Gasteiger partial charge is 0.573 e. The summed E-state index contributed by atoms with van der Waals surface area (Å²) in [6.45, 7) is 0. The summed E-state index contributed by atoms with van der Waals surface area (Å²) in [5.41, 5.74) is 1.52. The zero-order chi connectivity index (χ0) is 25.4. The van der Waals surface area contributed by atoms with Crippen molar-refractivity contribution < 1.29 is 39.0 Å². The van der Waals surface area contributed by atoms with Crippen molar-refractivity contribution in [3.63, 3.8) is 0 Å². The van der Waals surface area contributed by atoms with E-state index in [0.29, 0.717) is 16.9 Å². The Morgan fingerprint density at radius 2 is 1.60 bits per heavy atom. The zero-order valence-corrected chi connectivity index (χ0v) is 19.5. The quantitative estimate of drug-likeness (QED) is 0.284. The van der Waals surface area contributed by atoms with Crippen molar-refractivity contribution in [3.05, 3.63) is 79.0 Å². The Balaban J connectivity index is 1.73. The Morgan fingerprint density at radius 1 is 0.914 bits per heavy atom. The molecular formula is C22H17F3N2O6S2. The summed E-state index contributed by atoms with van der Waals surface area (Å²) in [6, 6.07) is 16.9. The van der Waals surface area contributed by atoms with Crippen molar-refractivity contribution in [2.75, 3.05) is 12.1 Å². The fourth-order valence-electron chi connectivity index (χ4n) is 3.46. The van der Waals surface area contributed by atoms with Crippen LogP contribution in [0.2, 0.25) is 0 Å². The third-order valence-corrected chi connectivity index (χ3v) is 7.11. The highest BCUT2D eigenvalue weighted by Crippen LogP contribution is 2.30. The number of sulfone groups is 1. The van der Waals surface area contributed by atoms with Gasteiger partial charge < -0.3 is 9.30 Å². The number of ether oxygens (including phenoxy) is 1. The third kappa shape index (κ3) is 5.42. The van der Waals surface area contributed by atoms with Crippen LogP contribution in [0.4, 0.5) is 18.9 Å². The van der Waals surface area contributed by atoms with Crippen LogP contribution >= 0.6 is 0 Å². The molecule has 8 nitrogen and oxygen atoms in total. The summed E-state index contributed by atoms with van der Waals surface area (Å²) in [6.07, 6.45) is -3.26. The van der Waals surface area contributed by atoms with Crippen LogP contribution in [-0.4, -0.2) is 34.8 Å². The molecule has 35 heavy (non-hydrogen) atoms. The number of alkyl halides is 3. The number of hydrogen-bond donors (Lipinski definition) is 1. The van der Waals surface area contributed by atoms with E-state index in [4.69, 9.17) is 0 Å². The van der Waals surface area contributed by atoms with Crippen LogP contribution in [0.5, 0.6) is 5.75 Å². The predicted molar refractivity (Wildman–Crippen MR) is 122 cm³/mol. The van der Waals surface area contributed by atoms with Crippen molar-refractivity contribution in [2.24, 2.45) is 0 Å². The number of anilines is 1. The average Bonchev–Trinajstić information content (AvgIpc) is 3.21. The molecule has 0 aliphatic carbocycles. The van der Waals surface area contributed by atoms with E-state index in [9.17, 15) is 30.0 Å². The first-order valence-electron chi connectivity index (χ1n) is 9.83. The molecule has 184 valence electrons. The minimum Gasteiger partial charge on any atom is -0.406 e. The van der Waals surface area contributed by atoms with Crippen molar-refractivity contribution in [3.8, 4) is 11.4 Å². The van der Waals surface area contributed by atoms with Gasteiger partial charge in [-0.25, -0.2) is 21.9 Å².